The van der Waals surface area contributed by atoms with Crippen molar-refractivity contribution in [3.8, 4) is 0 Å². The summed E-state index contributed by atoms with van der Waals surface area (Å²) < 4.78 is 5.43. The van der Waals surface area contributed by atoms with Gasteiger partial charge in [0.05, 0.1) is 19.3 Å². The molecule has 0 aromatic heterocycles. The predicted molar refractivity (Wildman–Crippen MR) is 177 cm³/mol. The van der Waals surface area contributed by atoms with Gasteiger partial charge in [0.2, 0.25) is 0 Å². The zero-order valence-electron chi connectivity index (χ0n) is 27.6. The summed E-state index contributed by atoms with van der Waals surface area (Å²) in [6.07, 6.45) is 41.3. The summed E-state index contributed by atoms with van der Waals surface area (Å²) in [6.45, 7) is 2.78. The molecule has 1 atom stereocenters. The number of aliphatic hydroxyl groups excluding tert-OH is 2. The standard InChI is InChI=1S/C37H72O4/c1-2-3-4-5-6-7-8-14-18-21-24-27-30-33-37(40)41-34-31-28-25-22-19-16-13-11-9-10-12-15-17-20-23-26-29-32-36(39)35-38/h9,11,36,38-39H,2-8,10,12-35H2,1H3/b11-9-. The number of carbonyl (C=O) groups is 1. The lowest BCUT2D eigenvalue weighted by Crippen LogP contribution is -2.10. The van der Waals surface area contributed by atoms with Crippen molar-refractivity contribution in [3.05, 3.63) is 12.2 Å². The van der Waals surface area contributed by atoms with E-state index in [0.29, 0.717) is 13.0 Å². The highest BCUT2D eigenvalue weighted by molar-refractivity contribution is 5.69. The Morgan fingerprint density at radius 1 is 0.561 bits per heavy atom. The molecule has 4 heteroatoms. The maximum Gasteiger partial charge on any atom is 0.305 e. The number of esters is 1. The molecule has 244 valence electrons. The second-order valence-corrected chi connectivity index (χ2v) is 12.5. The molecule has 0 spiro atoms. The smallest absolute Gasteiger partial charge is 0.305 e. The van der Waals surface area contributed by atoms with Crippen LogP contribution in [0.25, 0.3) is 0 Å². The largest absolute Gasteiger partial charge is 0.466 e. The van der Waals surface area contributed by atoms with Crippen molar-refractivity contribution in [3.63, 3.8) is 0 Å². The summed E-state index contributed by atoms with van der Waals surface area (Å²) in [7, 11) is 0. The molecular weight excluding hydrogens is 508 g/mol. The van der Waals surface area contributed by atoms with Crippen molar-refractivity contribution < 1.29 is 19.7 Å². The number of hydrogen-bond acceptors (Lipinski definition) is 4. The van der Waals surface area contributed by atoms with Gasteiger partial charge in [-0.25, -0.2) is 0 Å². The Morgan fingerprint density at radius 3 is 1.41 bits per heavy atom. The van der Waals surface area contributed by atoms with Crippen LogP contribution in [0.3, 0.4) is 0 Å². The zero-order valence-corrected chi connectivity index (χ0v) is 27.6. The minimum absolute atomic E-state index is 0.00619. The van der Waals surface area contributed by atoms with Crippen LogP contribution in [0.1, 0.15) is 200 Å². The van der Waals surface area contributed by atoms with Crippen LogP contribution in [-0.2, 0) is 9.53 Å². The van der Waals surface area contributed by atoms with Crippen molar-refractivity contribution in [1.82, 2.24) is 0 Å². The molecule has 2 N–H and O–H groups in total. The second-order valence-electron chi connectivity index (χ2n) is 12.5. The molecule has 0 bridgehead atoms. The van der Waals surface area contributed by atoms with Crippen LogP contribution < -0.4 is 0 Å². The molecule has 0 aromatic rings. The summed E-state index contributed by atoms with van der Waals surface area (Å²) in [4.78, 5) is 11.9. The fourth-order valence-electron chi connectivity index (χ4n) is 5.47. The van der Waals surface area contributed by atoms with Gasteiger partial charge in [-0.3, -0.25) is 4.79 Å². The van der Waals surface area contributed by atoms with Crippen molar-refractivity contribution in [1.29, 1.82) is 0 Å². The molecule has 0 heterocycles. The van der Waals surface area contributed by atoms with Gasteiger partial charge in [-0.2, -0.15) is 0 Å². The minimum atomic E-state index is -0.520. The molecule has 41 heavy (non-hydrogen) atoms. The third kappa shape index (κ3) is 35.2. The number of unbranched alkanes of at least 4 members (excludes halogenated alkanes) is 25. The fourth-order valence-corrected chi connectivity index (χ4v) is 5.47. The first-order chi connectivity index (χ1) is 20.2. The van der Waals surface area contributed by atoms with Crippen LogP contribution in [-0.4, -0.2) is 35.5 Å². The molecule has 0 saturated carbocycles. The minimum Gasteiger partial charge on any atom is -0.466 e. The Bertz CT molecular complexity index is 533. The highest BCUT2D eigenvalue weighted by atomic mass is 16.5. The van der Waals surface area contributed by atoms with Crippen molar-refractivity contribution in [2.24, 2.45) is 0 Å². The van der Waals surface area contributed by atoms with Gasteiger partial charge >= 0.3 is 5.97 Å². The van der Waals surface area contributed by atoms with E-state index in [1.807, 2.05) is 0 Å². The highest BCUT2D eigenvalue weighted by Gasteiger charge is 2.03. The van der Waals surface area contributed by atoms with Gasteiger partial charge in [-0.1, -0.05) is 160 Å². The molecule has 0 fully saturated rings. The van der Waals surface area contributed by atoms with Gasteiger partial charge in [0.1, 0.15) is 0 Å². The molecule has 0 saturated heterocycles. The van der Waals surface area contributed by atoms with E-state index in [-0.39, 0.29) is 12.6 Å². The first-order valence-electron chi connectivity index (χ1n) is 18.3. The number of allylic oxidation sites excluding steroid dienone is 2. The van der Waals surface area contributed by atoms with E-state index in [4.69, 9.17) is 9.84 Å². The average molecular weight is 581 g/mol. The van der Waals surface area contributed by atoms with Crippen molar-refractivity contribution in [2.45, 2.75) is 206 Å². The van der Waals surface area contributed by atoms with E-state index in [0.717, 1.165) is 25.7 Å². The first kappa shape index (κ1) is 40.1. The van der Waals surface area contributed by atoms with Crippen LogP contribution in [0.4, 0.5) is 0 Å². The van der Waals surface area contributed by atoms with Gasteiger partial charge in [0.25, 0.3) is 0 Å². The van der Waals surface area contributed by atoms with E-state index >= 15 is 0 Å². The average Bonchev–Trinajstić information content (AvgIpc) is 2.98. The van der Waals surface area contributed by atoms with Crippen LogP contribution in [0.15, 0.2) is 12.2 Å². The van der Waals surface area contributed by atoms with Gasteiger partial charge in [0.15, 0.2) is 0 Å². The summed E-state index contributed by atoms with van der Waals surface area (Å²) in [5, 5.41) is 18.1. The molecular formula is C37H72O4. The maximum absolute atomic E-state index is 11.9. The van der Waals surface area contributed by atoms with Gasteiger partial charge in [-0.15, -0.1) is 0 Å². The molecule has 0 rings (SSSR count). The van der Waals surface area contributed by atoms with E-state index in [1.165, 1.54) is 161 Å². The Morgan fingerprint density at radius 2 is 0.951 bits per heavy atom. The summed E-state index contributed by atoms with van der Waals surface area (Å²) in [6, 6.07) is 0. The normalized spacial score (nSPS) is 12.4. The molecule has 1 unspecified atom stereocenters. The second kappa shape index (κ2) is 35.3. The molecule has 0 amide bonds. The highest BCUT2D eigenvalue weighted by Crippen LogP contribution is 2.14. The summed E-state index contributed by atoms with van der Waals surface area (Å²) in [5.41, 5.74) is 0. The van der Waals surface area contributed by atoms with Gasteiger partial charge < -0.3 is 14.9 Å². The van der Waals surface area contributed by atoms with E-state index in [9.17, 15) is 9.90 Å². The lowest BCUT2D eigenvalue weighted by atomic mass is 10.0. The quantitative estimate of drug-likeness (QED) is 0.0451. The molecule has 0 aliphatic rings. The van der Waals surface area contributed by atoms with Crippen LogP contribution >= 0.6 is 0 Å². The number of hydrogen-bond donors (Lipinski definition) is 2. The monoisotopic (exact) mass is 581 g/mol. The Balaban J connectivity index is 3.20. The van der Waals surface area contributed by atoms with E-state index < -0.39 is 6.10 Å². The van der Waals surface area contributed by atoms with Crippen LogP contribution in [0.2, 0.25) is 0 Å². The zero-order chi connectivity index (χ0) is 29.9. The molecule has 0 aliphatic carbocycles. The van der Waals surface area contributed by atoms with Crippen LogP contribution in [0, 0.1) is 0 Å². The fraction of sp³-hybridized carbons (Fsp3) is 0.919. The number of aliphatic hydroxyl groups is 2. The predicted octanol–water partition coefficient (Wildman–Crippen LogP) is 11.2. The van der Waals surface area contributed by atoms with Gasteiger partial charge in [-0.05, 0) is 44.9 Å². The SMILES string of the molecule is CCCCCCCCCCCCCCCC(=O)OCCCCCCCC/C=C\CCCCCCCCCC(O)CO. The lowest BCUT2D eigenvalue weighted by molar-refractivity contribution is -0.143. The Kier molecular flexibility index (Phi) is 34.6. The lowest BCUT2D eigenvalue weighted by Gasteiger charge is -2.06. The third-order valence-electron chi connectivity index (χ3n) is 8.30. The number of carbonyl (C=O) groups excluding carboxylic acids is 1. The van der Waals surface area contributed by atoms with Crippen molar-refractivity contribution >= 4 is 5.97 Å². The molecule has 0 aromatic carbocycles. The summed E-state index contributed by atoms with van der Waals surface area (Å²) >= 11 is 0. The Hall–Kier alpha value is -0.870. The molecule has 0 radical (unpaired) electrons. The van der Waals surface area contributed by atoms with E-state index in [2.05, 4.69) is 19.1 Å². The number of ether oxygens (including phenoxy) is 1. The maximum atomic E-state index is 11.9. The van der Waals surface area contributed by atoms with Crippen molar-refractivity contribution in [2.75, 3.05) is 13.2 Å². The van der Waals surface area contributed by atoms with Gasteiger partial charge in [0, 0.05) is 6.42 Å². The molecule has 4 nitrogen and oxygen atoms in total. The molecule has 0 aliphatic heterocycles. The first-order valence-corrected chi connectivity index (χ1v) is 18.3. The topological polar surface area (TPSA) is 66.8 Å². The number of rotatable bonds is 34. The van der Waals surface area contributed by atoms with E-state index in [1.54, 1.807) is 0 Å². The third-order valence-corrected chi connectivity index (χ3v) is 8.30. The van der Waals surface area contributed by atoms with Crippen LogP contribution in [0.5, 0.6) is 0 Å². The Labute approximate surface area is 256 Å². The summed E-state index contributed by atoms with van der Waals surface area (Å²) in [5.74, 6) is 0.00619.